The Morgan fingerprint density at radius 2 is 0.600 bits per heavy atom. The molecule has 0 spiro atoms. The zero-order chi connectivity index (χ0) is 33.0. The minimum atomic E-state index is 1.15. The summed E-state index contributed by atoms with van der Waals surface area (Å²) in [6, 6.07) is 70.5. The molecule has 2 aromatic heterocycles. The van der Waals surface area contributed by atoms with Gasteiger partial charge >= 0.3 is 0 Å². The molecule has 0 atom stereocenters. The monoisotopic (exact) mass is 636 g/mol. The van der Waals surface area contributed by atoms with Gasteiger partial charge in [-0.15, -0.1) is 0 Å². The fraction of sp³-hybridized carbons (Fsp3) is 0. The lowest BCUT2D eigenvalue weighted by molar-refractivity contribution is 1.17. The second-order valence-electron chi connectivity index (χ2n) is 13.0. The molecule has 10 rings (SSSR count). The highest BCUT2D eigenvalue weighted by molar-refractivity contribution is 6.19. The van der Waals surface area contributed by atoms with Crippen molar-refractivity contribution in [3.63, 3.8) is 0 Å². The third-order valence-electron chi connectivity index (χ3n) is 10.1. The average molecular weight is 637 g/mol. The van der Waals surface area contributed by atoms with E-state index in [9.17, 15) is 0 Å². The molecule has 0 fully saturated rings. The molecule has 0 saturated carbocycles. The topological polar surface area (TPSA) is 9.86 Å². The Balaban J connectivity index is 1.25. The summed E-state index contributed by atoms with van der Waals surface area (Å²) in [7, 11) is 0. The van der Waals surface area contributed by atoms with Crippen molar-refractivity contribution in [2.45, 2.75) is 0 Å². The molecule has 50 heavy (non-hydrogen) atoms. The molecular weight excluding hydrogens is 605 g/mol. The van der Waals surface area contributed by atoms with Gasteiger partial charge in [0.25, 0.3) is 0 Å². The smallest absolute Gasteiger partial charge is 0.0548 e. The maximum absolute atomic E-state index is 2.46. The van der Waals surface area contributed by atoms with E-state index in [1.807, 2.05) is 0 Å². The van der Waals surface area contributed by atoms with E-state index in [0.29, 0.717) is 0 Å². The molecule has 2 heterocycles. The summed E-state index contributed by atoms with van der Waals surface area (Å²) >= 11 is 0. The van der Waals surface area contributed by atoms with Crippen molar-refractivity contribution in [2.75, 3.05) is 0 Å². The fourth-order valence-corrected chi connectivity index (χ4v) is 7.76. The standard InChI is InChI=1S/C48H32N2/c1-4-14-33(15-5-1)36-24-26-39(27-25-36)49-45-22-12-10-20-41(45)43-32-48-44(31-47(43)49)42-21-11-13-23-46(42)50(48)40-29-37(34-16-6-2-7-17-34)28-38(30-40)35-18-8-3-9-19-35/h1-32H. The van der Waals surface area contributed by atoms with Crippen LogP contribution < -0.4 is 0 Å². The van der Waals surface area contributed by atoms with Crippen LogP contribution in [0.5, 0.6) is 0 Å². The molecule has 2 nitrogen and oxygen atoms in total. The SMILES string of the molecule is c1ccc(-c2ccc(-n3c4ccccc4c4cc5c(cc43)c3ccccc3n5-c3cc(-c4ccccc4)cc(-c4ccccc4)c3)cc2)cc1. The molecule has 0 amide bonds. The number of benzene rings is 8. The van der Waals surface area contributed by atoms with Gasteiger partial charge < -0.3 is 9.13 Å². The lowest BCUT2D eigenvalue weighted by atomic mass is 9.98. The van der Waals surface area contributed by atoms with E-state index in [4.69, 9.17) is 0 Å². The van der Waals surface area contributed by atoms with Crippen LogP contribution in [0.4, 0.5) is 0 Å². The van der Waals surface area contributed by atoms with Gasteiger partial charge in [0.05, 0.1) is 22.1 Å². The van der Waals surface area contributed by atoms with Crippen LogP contribution in [0.1, 0.15) is 0 Å². The zero-order valence-corrected chi connectivity index (χ0v) is 27.4. The molecule has 0 aliphatic carbocycles. The largest absolute Gasteiger partial charge is 0.309 e. The van der Waals surface area contributed by atoms with Gasteiger partial charge in [0.15, 0.2) is 0 Å². The van der Waals surface area contributed by atoms with Gasteiger partial charge in [-0.3, -0.25) is 0 Å². The molecule has 10 aromatic rings. The Hall–Kier alpha value is -6.64. The van der Waals surface area contributed by atoms with Gasteiger partial charge in [-0.05, 0) is 88.0 Å². The van der Waals surface area contributed by atoms with E-state index >= 15 is 0 Å². The van der Waals surface area contributed by atoms with Crippen LogP contribution in [-0.4, -0.2) is 9.13 Å². The van der Waals surface area contributed by atoms with Crippen molar-refractivity contribution in [1.82, 2.24) is 9.13 Å². The molecule has 0 bridgehead atoms. The predicted octanol–water partition coefficient (Wildman–Crippen LogP) is 12.9. The second-order valence-corrected chi connectivity index (χ2v) is 13.0. The summed E-state index contributed by atoms with van der Waals surface area (Å²) in [5.41, 5.74) is 14.4. The van der Waals surface area contributed by atoms with E-state index in [2.05, 4.69) is 203 Å². The number of fused-ring (bicyclic) bond motifs is 6. The predicted molar refractivity (Wildman–Crippen MR) is 211 cm³/mol. The fourth-order valence-electron chi connectivity index (χ4n) is 7.76. The number of hydrogen-bond donors (Lipinski definition) is 0. The van der Waals surface area contributed by atoms with Crippen LogP contribution in [0.15, 0.2) is 194 Å². The number of hydrogen-bond acceptors (Lipinski definition) is 0. The molecule has 234 valence electrons. The summed E-state index contributed by atoms with van der Waals surface area (Å²) in [4.78, 5) is 0. The first-order valence-corrected chi connectivity index (χ1v) is 17.2. The molecule has 0 aliphatic rings. The minimum Gasteiger partial charge on any atom is -0.309 e. The summed E-state index contributed by atoms with van der Waals surface area (Å²) in [6.45, 7) is 0. The van der Waals surface area contributed by atoms with Gasteiger partial charge in [0.2, 0.25) is 0 Å². The first-order valence-electron chi connectivity index (χ1n) is 17.2. The lowest BCUT2D eigenvalue weighted by Gasteiger charge is -2.14. The number of rotatable bonds is 5. The summed E-state index contributed by atoms with van der Waals surface area (Å²) in [5.74, 6) is 0. The number of para-hydroxylation sites is 2. The van der Waals surface area contributed by atoms with Crippen molar-refractivity contribution < 1.29 is 0 Å². The van der Waals surface area contributed by atoms with Gasteiger partial charge in [0.1, 0.15) is 0 Å². The third-order valence-corrected chi connectivity index (χ3v) is 10.1. The first kappa shape index (κ1) is 28.4. The Bertz CT molecular complexity index is 2770. The van der Waals surface area contributed by atoms with Crippen molar-refractivity contribution in [2.24, 2.45) is 0 Å². The van der Waals surface area contributed by atoms with Gasteiger partial charge in [-0.25, -0.2) is 0 Å². The van der Waals surface area contributed by atoms with Gasteiger partial charge in [-0.2, -0.15) is 0 Å². The van der Waals surface area contributed by atoms with E-state index in [1.54, 1.807) is 0 Å². The zero-order valence-electron chi connectivity index (χ0n) is 27.4. The second kappa shape index (κ2) is 11.5. The van der Waals surface area contributed by atoms with Crippen LogP contribution in [0.25, 0.3) is 88.4 Å². The maximum Gasteiger partial charge on any atom is 0.0548 e. The van der Waals surface area contributed by atoms with E-state index in [1.165, 1.54) is 77.0 Å². The third kappa shape index (κ3) is 4.57. The van der Waals surface area contributed by atoms with Crippen LogP contribution in [0.2, 0.25) is 0 Å². The lowest BCUT2D eigenvalue weighted by Crippen LogP contribution is -1.96. The molecule has 0 aliphatic heterocycles. The Morgan fingerprint density at radius 1 is 0.220 bits per heavy atom. The van der Waals surface area contributed by atoms with Crippen LogP contribution in [0, 0.1) is 0 Å². The van der Waals surface area contributed by atoms with Crippen LogP contribution in [0.3, 0.4) is 0 Å². The maximum atomic E-state index is 2.46. The highest BCUT2D eigenvalue weighted by Gasteiger charge is 2.19. The Labute approximate surface area is 290 Å². The summed E-state index contributed by atoms with van der Waals surface area (Å²) < 4.78 is 4.89. The molecule has 2 heteroatoms. The van der Waals surface area contributed by atoms with E-state index in [-0.39, 0.29) is 0 Å². The molecule has 8 aromatic carbocycles. The van der Waals surface area contributed by atoms with Crippen molar-refractivity contribution in [1.29, 1.82) is 0 Å². The molecule has 0 unspecified atom stereocenters. The van der Waals surface area contributed by atoms with Crippen LogP contribution >= 0.6 is 0 Å². The van der Waals surface area contributed by atoms with Crippen molar-refractivity contribution in [3.8, 4) is 44.8 Å². The van der Waals surface area contributed by atoms with Gasteiger partial charge in [-0.1, -0.05) is 140 Å². The highest BCUT2D eigenvalue weighted by Crippen LogP contribution is 2.41. The molecule has 0 radical (unpaired) electrons. The first-order chi connectivity index (χ1) is 24.8. The number of aromatic nitrogens is 2. The highest BCUT2D eigenvalue weighted by atomic mass is 15.0. The van der Waals surface area contributed by atoms with Gasteiger partial charge in [0, 0.05) is 32.9 Å². The molecule has 0 N–H and O–H groups in total. The Kier molecular flexibility index (Phi) is 6.53. The van der Waals surface area contributed by atoms with Crippen molar-refractivity contribution in [3.05, 3.63) is 194 Å². The van der Waals surface area contributed by atoms with E-state index < -0.39 is 0 Å². The quantitative estimate of drug-likeness (QED) is 0.178. The number of nitrogens with zero attached hydrogens (tertiary/aromatic N) is 2. The Morgan fingerprint density at radius 3 is 1.08 bits per heavy atom. The minimum absolute atomic E-state index is 1.15. The van der Waals surface area contributed by atoms with Crippen LogP contribution in [-0.2, 0) is 0 Å². The normalized spacial score (nSPS) is 11.6. The average Bonchev–Trinajstić information content (AvgIpc) is 3.70. The summed E-state index contributed by atoms with van der Waals surface area (Å²) in [5, 5.41) is 4.97. The van der Waals surface area contributed by atoms with Crippen molar-refractivity contribution >= 4 is 43.6 Å². The van der Waals surface area contributed by atoms with E-state index in [0.717, 1.165) is 11.4 Å². The molecule has 0 saturated heterocycles. The molecular formula is C48H32N2. The summed E-state index contributed by atoms with van der Waals surface area (Å²) in [6.07, 6.45) is 0.